The van der Waals surface area contributed by atoms with Gasteiger partial charge in [-0.2, -0.15) is 5.26 Å². The standard InChI is InChI=1S/C24H20FNO4S/c1-17-3-10-21(11-4-17)31(27,28)22(15-26)13-19-7-12-23(24(14-19)29-2)30-16-18-5-8-20(25)9-6-18/h3-14H,16H2,1-2H3/b22-13+. The van der Waals surface area contributed by atoms with Crippen LogP contribution in [-0.4, -0.2) is 15.5 Å². The van der Waals surface area contributed by atoms with Crippen LogP contribution >= 0.6 is 0 Å². The van der Waals surface area contributed by atoms with Crippen molar-refractivity contribution < 1.29 is 22.3 Å². The normalized spacial score (nSPS) is 11.6. The molecule has 7 heteroatoms. The summed E-state index contributed by atoms with van der Waals surface area (Å²) < 4.78 is 49.7. The van der Waals surface area contributed by atoms with E-state index in [4.69, 9.17) is 9.47 Å². The van der Waals surface area contributed by atoms with Crippen LogP contribution in [0.2, 0.25) is 0 Å². The van der Waals surface area contributed by atoms with Crippen molar-refractivity contribution in [1.29, 1.82) is 5.26 Å². The van der Waals surface area contributed by atoms with E-state index in [0.29, 0.717) is 17.1 Å². The molecular weight excluding hydrogens is 417 g/mol. The molecule has 0 heterocycles. The van der Waals surface area contributed by atoms with Crippen molar-refractivity contribution in [2.24, 2.45) is 0 Å². The van der Waals surface area contributed by atoms with Crippen molar-refractivity contribution >= 4 is 15.9 Å². The highest BCUT2D eigenvalue weighted by atomic mass is 32.2. The molecule has 0 saturated heterocycles. The fourth-order valence-corrected chi connectivity index (χ4v) is 3.96. The molecule has 0 atom stereocenters. The van der Waals surface area contributed by atoms with Gasteiger partial charge in [-0.15, -0.1) is 0 Å². The Bertz CT molecular complexity index is 1240. The Hall–Kier alpha value is -3.63. The second-order valence-electron chi connectivity index (χ2n) is 6.76. The molecule has 0 spiro atoms. The van der Waals surface area contributed by atoms with Crippen LogP contribution in [0.5, 0.6) is 11.5 Å². The van der Waals surface area contributed by atoms with E-state index in [1.807, 2.05) is 6.92 Å². The SMILES string of the molecule is COc1cc(/C=C(\C#N)S(=O)(=O)c2ccc(C)cc2)ccc1OCc1ccc(F)cc1. The van der Waals surface area contributed by atoms with E-state index in [1.54, 1.807) is 48.5 Å². The van der Waals surface area contributed by atoms with Gasteiger partial charge in [-0.3, -0.25) is 0 Å². The number of rotatable bonds is 7. The van der Waals surface area contributed by atoms with Gasteiger partial charge in [-0.1, -0.05) is 35.9 Å². The lowest BCUT2D eigenvalue weighted by atomic mass is 10.2. The van der Waals surface area contributed by atoms with E-state index in [0.717, 1.165) is 11.1 Å². The van der Waals surface area contributed by atoms with E-state index < -0.39 is 9.84 Å². The Morgan fingerprint density at radius 3 is 2.32 bits per heavy atom. The molecule has 0 aromatic heterocycles. The maximum absolute atomic E-state index is 13.0. The molecular formula is C24H20FNO4S. The Kier molecular flexibility index (Phi) is 6.73. The zero-order valence-electron chi connectivity index (χ0n) is 17.0. The van der Waals surface area contributed by atoms with Crippen LogP contribution in [-0.2, 0) is 16.4 Å². The summed E-state index contributed by atoms with van der Waals surface area (Å²) in [6.45, 7) is 2.06. The van der Waals surface area contributed by atoms with Crippen LogP contribution < -0.4 is 9.47 Å². The van der Waals surface area contributed by atoms with Gasteiger partial charge in [-0.25, -0.2) is 12.8 Å². The molecule has 3 rings (SSSR count). The average Bonchev–Trinajstić information content (AvgIpc) is 2.77. The van der Waals surface area contributed by atoms with Crippen molar-refractivity contribution in [2.45, 2.75) is 18.4 Å². The largest absolute Gasteiger partial charge is 0.493 e. The van der Waals surface area contributed by atoms with Crippen molar-refractivity contribution in [1.82, 2.24) is 0 Å². The number of nitrogens with zero attached hydrogens (tertiary/aromatic N) is 1. The van der Waals surface area contributed by atoms with Crippen LogP contribution in [0.15, 0.2) is 76.5 Å². The topological polar surface area (TPSA) is 76.4 Å². The molecule has 0 aliphatic rings. The van der Waals surface area contributed by atoms with Crippen molar-refractivity contribution in [2.75, 3.05) is 7.11 Å². The van der Waals surface area contributed by atoms with Gasteiger partial charge >= 0.3 is 0 Å². The van der Waals surface area contributed by atoms with Gasteiger partial charge < -0.3 is 9.47 Å². The molecule has 0 amide bonds. The lowest BCUT2D eigenvalue weighted by Crippen LogP contribution is -2.03. The van der Waals surface area contributed by atoms with Gasteiger partial charge in [0.2, 0.25) is 9.84 Å². The summed E-state index contributed by atoms with van der Waals surface area (Å²) in [6, 6.07) is 18.9. The Labute approximate surface area is 180 Å². The fourth-order valence-electron chi connectivity index (χ4n) is 2.80. The predicted octanol–water partition coefficient (Wildman–Crippen LogP) is 5.06. The molecule has 0 aliphatic heterocycles. The van der Waals surface area contributed by atoms with Crippen molar-refractivity contribution in [3.05, 3.63) is 94.1 Å². The van der Waals surface area contributed by atoms with Crippen LogP contribution in [0.3, 0.4) is 0 Å². The second-order valence-corrected chi connectivity index (χ2v) is 8.68. The van der Waals surface area contributed by atoms with Gasteiger partial charge in [0, 0.05) is 0 Å². The number of benzene rings is 3. The molecule has 3 aromatic carbocycles. The number of hydrogen-bond donors (Lipinski definition) is 0. The number of sulfone groups is 1. The monoisotopic (exact) mass is 437 g/mol. The zero-order valence-corrected chi connectivity index (χ0v) is 17.8. The van der Waals surface area contributed by atoms with E-state index >= 15 is 0 Å². The minimum Gasteiger partial charge on any atom is -0.493 e. The van der Waals surface area contributed by atoms with Crippen LogP contribution in [0, 0.1) is 24.1 Å². The molecule has 0 fully saturated rings. The van der Waals surface area contributed by atoms with E-state index in [9.17, 15) is 18.1 Å². The number of nitriles is 1. The summed E-state index contributed by atoms with van der Waals surface area (Å²) >= 11 is 0. The average molecular weight is 437 g/mol. The minimum absolute atomic E-state index is 0.0529. The second kappa shape index (κ2) is 9.45. The lowest BCUT2D eigenvalue weighted by Gasteiger charge is -2.12. The molecule has 0 N–H and O–H groups in total. The molecule has 0 bridgehead atoms. The molecule has 0 unspecified atom stereocenters. The van der Waals surface area contributed by atoms with Gasteiger partial charge in [0.25, 0.3) is 0 Å². The third kappa shape index (κ3) is 5.30. The molecule has 0 radical (unpaired) electrons. The highest BCUT2D eigenvalue weighted by Crippen LogP contribution is 2.31. The predicted molar refractivity (Wildman–Crippen MR) is 116 cm³/mol. The molecule has 5 nitrogen and oxygen atoms in total. The summed E-state index contributed by atoms with van der Waals surface area (Å²) in [4.78, 5) is -0.324. The number of aryl methyl sites for hydroxylation is 1. The first kappa shape index (κ1) is 22.1. The van der Waals surface area contributed by atoms with Gasteiger partial charge in [0.15, 0.2) is 11.5 Å². The zero-order chi connectivity index (χ0) is 22.4. The maximum atomic E-state index is 13.0. The third-order valence-corrected chi connectivity index (χ3v) is 6.20. The summed E-state index contributed by atoms with van der Waals surface area (Å²) in [7, 11) is -2.49. The van der Waals surface area contributed by atoms with E-state index in [1.165, 1.54) is 37.5 Å². The number of methoxy groups -OCH3 is 1. The van der Waals surface area contributed by atoms with Crippen LogP contribution in [0.25, 0.3) is 6.08 Å². The highest BCUT2D eigenvalue weighted by molar-refractivity contribution is 7.95. The Morgan fingerprint density at radius 2 is 1.71 bits per heavy atom. The summed E-state index contributed by atoms with van der Waals surface area (Å²) in [5, 5.41) is 9.47. The maximum Gasteiger partial charge on any atom is 0.216 e. The van der Waals surface area contributed by atoms with E-state index in [2.05, 4.69) is 0 Å². The lowest BCUT2D eigenvalue weighted by molar-refractivity contribution is 0.284. The third-order valence-electron chi connectivity index (χ3n) is 4.52. The molecule has 0 saturated carbocycles. The summed E-state index contributed by atoms with van der Waals surface area (Å²) in [5.41, 5.74) is 2.17. The quantitative estimate of drug-likeness (QED) is 0.483. The van der Waals surface area contributed by atoms with Crippen LogP contribution in [0.1, 0.15) is 16.7 Å². The molecule has 0 aliphatic carbocycles. The first-order chi connectivity index (χ1) is 14.8. The number of halogens is 1. The minimum atomic E-state index is -3.95. The Morgan fingerprint density at radius 1 is 1.03 bits per heavy atom. The smallest absolute Gasteiger partial charge is 0.216 e. The van der Waals surface area contributed by atoms with Gasteiger partial charge in [0.1, 0.15) is 23.4 Å². The summed E-state index contributed by atoms with van der Waals surface area (Å²) in [6.07, 6.45) is 1.29. The number of hydrogen-bond acceptors (Lipinski definition) is 5. The molecule has 31 heavy (non-hydrogen) atoms. The first-order valence-corrected chi connectivity index (χ1v) is 10.8. The van der Waals surface area contributed by atoms with Crippen LogP contribution in [0.4, 0.5) is 4.39 Å². The first-order valence-electron chi connectivity index (χ1n) is 9.32. The fraction of sp³-hybridized carbons (Fsp3) is 0.125. The Balaban J connectivity index is 1.86. The number of allylic oxidation sites excluding steroid dienone is 1. The van der Waals surface area contributed by atoms with Gasteiger partial charge in [-0.05, 0) is 60.5 Å². The molecule has 158 valence electrons. The highest BCUT2D eigenvalue weighted by Gasteiger charge is 2.21. The van der Waals surface area contributed by atoms with Crippen molar-refractivity contribution in [3.8, 4) is 17.6 Å². The summed E-state index contributed by atoms with van der Waals surface area (Å²) in [5.74, 6) is 0.483. The van der Waals surface area contributed by atoms with Crippen molar-refractivity contribution in [3.63, 3.8) is 0 Å². The number of ether oxygens (including phenoxy) is 2. The molecule has 3 aromatic rings. The van der Waals surface area contributed by atoms with Gasteiger partial charge in [0.05, 0.1) is 12.0 Å². The van der Waals surface area contributed by atoms with E-state index in [-0.39, 0.29) is 22.2 Å².